The predicted octanol–water partition coefficient (Wildman–Crippen LogP) is 8.62. The van der Waals surface area contributed by atoms with Crippen LogP contribution in [-0.4, -0.2) is 34.9 Å². The van der Waals surface area contributed by atoms with Crippen molar-refractivity contribution in [2.24, 2.45) is 0 Å². The Kier molecular flexibility index (Phi) is 27.5. The zero-order valence-electron chi connectivity index (χ0n) is 23.8. The topological polar surface area (TPSA) is 69.6 Å². The molecule has 0 aromatic rings. The Hall–Kier alpha value is -0.610. The van der Waals surface area contributed by atoms with Crippen LogP contribution in [-0.2, 0) is 4.79 Å². The van der Waals surface area contributed by atoms with E-state index in [1.54, 1.807) is 0 Å². The first-order valence-corrected chi connectivity index (χ1v) is 15.7. The van der Waals surface area contributed by atoms with E-state index in [1.165, 1.54) is 122 Å². The second-order valence-electron chi connectivity index (χ2n) is 10.9. The summed E-state index contributed by atoms with van der Waals surface area (Å²) >= 11 is 0. The third-order valence-electron chi connectivity index (χ3n) is 7.37. The van der Waals surface area contributed by atoms with Crippen molar-refractivity contribution in [3.8, 4) is 0 Å². The van der Waals surface area contributed by atoms with Gasteiger partial charge in [-0.25, -0.2) is 0 Å². The summed E-state index contributed by atoms with van der Waals surface area (Å²) in [5.41, 5.74) is 0. The highest BCUT2D eigenvalue weighted by Crippen LogP contribution is 2.15. The lowest BCUT2D eigenvalue weighted by Gasteiger charge is -2.22. The Balaban J connectivity index is 3.52. The molecule has 0 saturated carbocycles. The summed E-state index contributed by atoms with van der Waals surface area (Å²) < 4.78 is 0. The van der Waals surface area contributed by atoms with Crippen LogP contribution in [0.5, 0.6) is 0 Å². The van der Waals surface area contributed by atoms with Gasteiger partial charge in [-0.05, 0) is 12.8 Å². The van der Waals surface area contributed by atoms with Gasteiger partial charge in [0.1, 0.15) is 0 Å². The molecule has 0 heterocycles. The highest BCUT2D eigenvalue weighted by molar-refractivity contribution is 5.76. The molecule has 0 aliphatic carbocycles. The monoisotopic (exact) mass is 497 g/mol. The van der Waals surface area contributed by atoms with Gasteiger partial charge in [0.15, 0.2) is 0 Å². The Morgan fingerprint density at radius 3 is 1.29 bits per heavy atom. The largest absolute Gasteiger partial charge is 0.394 e. The fraction of sp³-hybridized carbons (Fsp3) is 0.968. The van der Waals surface area contributed by atoms with E-state index >= 15 is 0 Å². The molecule has 0 fully saturated rings. The van der Waals surface area contributed by atoms with E-state index in [0.717, 1.165) is 25.7 Å². The number of aliphatic hydroxyl groups is 2. The summed E-state index contributed by atoms with van der Waals surface area (Å²) in [6.45, 7) is 4.31. The minimum atomic E-state index is -0.648. The van der Waals surface area contributed by atoms with E-state index in [-0.39, 0.29) is 12.5 Å². The maximum atomic E-state index is 12.1. The Bertz CT molecular complexity index is 429. The number of amides is 1. The molecular weight excluding hydrogens is 434 g/mol. The van der Waals surface area contributed by atoms with Crippen molar-refractivity contribution in [3.63, 3.8) is 0 Å². The van der Waals surface area contributed by atoms with E-state index in [1.807, 2.05) is 0 Å². The molecule has 210 valence electrons. The molecule has 2 atom stereocenters. The van der Waals surface area contributed by atoms with Crippen molar-refractivity contribution < 1.29 is 15.0 Å². The van der Waals surface area contributed by atoms with Crippen molar-refractivity contribution >= 4 is 5.91 Å². The van der Waals surface area contributed by atoms with E-state index < -0.39 is 12.1 Å². The molecule has 0 bridgehead atoms. The molecule has 0 aliphatic rings. The minimum absolute atomic E-state index is 0.0383. The molecular formula is C31H63NO3. The van der Waals surface area contributed by atoms with Gasteiger partial charge in [0, 0.05) is 6.42 Å². The van der Waals surface area contributed by atoms with Crippen LogP contribution < -0.4 is 5.32 Å². The van der Waals surface area contributed by atoms with Crippen molar-refractivity contribution in [3.05, 3.63) is 0 Å². The minimum Gasteiger partial charge on any atom is -0.394 e. The molecule has 0 rings (SSSR count). The number of unbranched alkanes of at least 4 members (excludes halogenated alkanes) is 21. The van der Waals surface area contributed by atoms with Crippen LogP contribution in [0.4, 0.5) is 0 Å². The maximum Gasteiger partial charge on any atom is 0.220 e. The molecule has 0 spiro atoms. The standard InChI is InChI=1S/C31H63NO3/c1-3-5-7-9-11-12-13-14-15-16-17-18-19-21-22-24-26-30(34)29(28-33)32-31(35)27-25-23-20-10-8-6-4-2/h29-30,33-34H,3-28H2,1-2H3,(H,32,35)/t29-,30+/m0/s1. The second-order valence-corrected chi connectivity index (χ2v) is 10.9. The van der Waals surface area contributed by atoms with E-state index in [9.17, 15) is 15.0 Å². The quantitative estimate of drug-likeness (QED) is 0.0947. The number of hydrogen-bond acceptors (Lipinski definition) is 3. The SMILES string of the molecule is CCCCCCCCCCCCCCCCCC[C@@H](O)[C@H](CO)NC(=O)CCCCCCCCC. The fourth-order valence-electron chi connectivity index (χ4n) is 4.89. The van der Waals surface area contributed by atoms with Crippen LogP contribution in [0.3, 0.4) is 0 Å². The second kappa shape index (κ2) is 28.0. The summed E-state index contributed by atoms with van der Waals surface area (Å²) in [5, 5.41) is 22.8. The summed E-state index contributed by atoms with van der Waals surface area (Å²) in [6.07, 6.45) is 30.1. The van der Waals surface area contributed by atoms with Crippen LogP contribution in [0.15, 0.2) is 0 Å². The van der Waals surface area contributed by atoms with Gasteiger partial charge in [-0.3, -0.25) is 4.79 Å². The van der Waals surface area contributed by atoms with Gasteiger partial charge in [0.05, 0.1) is 18.8 Å². The smallest absolute Gasteiger partial charge is 0.220 e. The average molecular weight is 498 g/mol. The van der Waals surface area contributed by atoms with Crippen molar-refractivity contribution in [2.75, 3.05) is 6.61 Å². The van der Waals surface area contributed by atoms with Gasteiger partial charge in [0.25, 0.3) is 0 Å². The first kappa shape index (κ1) is 34.4. The number of carbonyl (C=O) groups is 1. The molecule has 35 heavy (non-hydrogen) atoms. The third kappa shape index (κ3) is 24.8. The Morgan fingerprint density at radius 1 is 0.571 bits per heavy atom. The number of carbonyl (C=O) groups excluding carboxylic acids is 1. The van der Waals surface area contributed by atoms with Crippen LogP contribution in [0, 0.1) is 0 Å². The van der Waals surface area contributed by atoms with Crippen molar-refractivity contribution in [2.45, 2.75) is 187 Å². The maximum absolute atomic E-state index is 12.1. The average Bonchev–Trinajstić information content (AvgIpc) is 2.86. The van der Waals surface area contributed by atoms with Gasteiger partial charge in [-0.15, -0.1) is 0 Å². The van der Waals surface area contributed by atoms with Crippen LogP contribution in [0.25, 0.3) is 0 Å². The van der Waals surface area contributed by atoms with Gasteiger partial charge in [-0.2, -0.15) is 0 Å². The molecule has 0 unspecified atom stereocenters. The lowest BCUT2D eigenvalue weighted by atomic mass is 10.0. The number of nitrogens with one attached hydrogen (secondary N) is 1. The zero-order chi connectivity index (χ0) is 25.8. The Morgan fingerprint density at radius 2 is 0.914 bits per heavy atom. The highest BCUT2D eigenvalue weighted by atomic mass is 16.3. The van der Waals surface area contributed by atoms with Gasteiger partial charge < -0.3 is 15.5 Å². The van der Waals surface area contributed by atoms with E-state index in [2.05, 4.69) is 19.2 Å². The fourth-order valence-corrected chi connectivity index (χ4v) is 4.89. The molecule has 0 aromatic heterocycles. The summed E-state index contributed by atoms with van der Waals surface area (Å²) in [4.78, 5) is 12.1. The Labute approximate surface area is 219 Å². The van der Waals surface area contributed by atoms with Crippen LogP contribution >= 0.6 is 0 Å². The van der Waals surface area contributed by atoms with Crippen LogP contribution in [0.1, 0.15) is 174 Å². The number of hydrogen-bond donors (Lipinski definition) is 3. The lowest BCUT2D eigenvalue weighted by Crippen LogP contribution is -2.45. The van der Waals surface area contributed by atoms with Crippen molar-refractivity contribution in [1.29, 1.82) is 0 Å². The van der Waals surface area contributed by atoms with E-state index in [0.29, 0.717) is 12.8 Å². The molecule has 0 aliphatic heterocycles. The number of rotatable bonds is 28. The molecule has 0 aromatic carbocycles. The summed E-state index contributed by atoms with van der Waals surface area (Å²) in [6, 6.07) is -0.525. The molecule has 3 N–H and O–H groups in total. The van der Waals surface area contributed by atoms with E-state index in [4.69, 9.17) is 0 Å². The zero-order valence-corrected chi connectivity index (χ0v) is 23.8. The molecule has 1 amide bonds. The lowest BCUT2D eigenvalue weighted by molar-refractivity contribution is -0.123. The summed E-state index contributed by atoms with van der Waals surface area (Å²) in [7, 11) is 0. The molecule has 0 saturated heterocycles. The van der Waals surface area contributed by atoms with Crippen LogP contribution in [0.2, 0.25) is 0 Å². The predicted molar refractivity (Wildman–Crippen MR) is 152 cm³/mol. The molecule has 4 heteroatoms. The normalized spacial score (nSPS) is 13.1. The highest BCUT2D eigenvalue weighted by Gasteiger charge is 2.19. The first-order valence-electron chi connectivity index (χ1n) is 15.7. The van der Waals surface area contributed by atoms with Gasteiger partial charge in [-0.1, -0.05) is 155 Å². The number of aliphatic hydroxyl groups excluding tert-OH is 2. The molecule has 4 nitrogen and oxygen atoms in total. The van der Waals surface area contributed by atoms with Crippen molar-refractivity contribution in [1.82, 2.24) is 5.32 Å². The summed E-state index contributed by atoms with van der Waals surface area (Å²) in [5.74, 6) is -0.0383. The third-order valence-corrected chi connectivity index (χ3v) is 7.37. The van der Waals surface area contributed by atoms with Gasteiger partial charge in [0.2, 0.25) is 5.91 Å². The first-order chi connectivity index (χ1) is 17.2. The van der Waals surface area contributed by atoms with Gasteiger partial charge >= 0.3 is 0 Å². The molecule has 0 radical (unpaired) electrons.